The van der Waals surface area contributed by atoms with Crippen LogP contribution in [0.2, 0.25) is 10.0 Å². The minimum atomic E-state index is -0.287. The molecule has 0 aliphatic heterocycles. The third kappa shape index (κ3) is 5.43. The van der Waals surface area contributed by atoms with Gasteiger partial charge in [-0.05, 0) is 60.2 Å². The van der Waals surface area contributed by atoms with Gasteiger partial charge in [0.25, 0.3) is 5.91 Å². The zero-order valence-corrected chi connectivity index (χ0v) is 19.7. The number of oxazole rings is 1. The van der Waals surface area contributed by atoms with Crippen LogP contribution in [0.1, 0.15) is 21.8 Å². The molecule has 0 fully saturated rings. The van der Waals surface area contributed by atoms with Crippen LogP contribution < -0.4 is 10.6 Å². The van der Waals surface area contributed by atoms with Gasteiger partial charge >= 0.3 is 0 Å². The van der Waals surface area contributed by atoms with Crippen LogP contribution in [-0.4, -0.2) is 16.0 Å². The lowest BCUT2D eigenvalue weighted by molar-refractivity contribution is 0.0977. The first-order valence-corrected chi connectivity index (χ1v) is 11.0. The summed E-state index contributed by atoms with van der Waals surface area (Å²) >= 11 is 20.8. The van der Waals surface area contributed by atoms with Crippen LogP contribution in [0.15, 0.2) is 69.6 Å². The number of hydrogen-bond acceptors (Lipinski definition) is 4. The van der Waals surface area contributed by atoms with Crippen LogP contribution in [0.25, 0.3) is 11.1 Å². The highest BCUT2D eigenvalue weighted by Gasteiger charge is 2.12. The number of aromatic nitrogens is 1. The molecule has 0 aliphatic rings. The molecule has 5 nitrogen and oxygen atoms in total. The number of carbonyl (C=O) groups excluding carboxylic acids is 1. The van der Waals surface area contributed by atoms with E-state index in [-0.39, 0.29) is 11.0 Å². The summed E-state index contributed by atoms with van der Waals surface area (Å²) < 4.78 is 6.58. The maximum Gasteiger partial charge on any atom is 0.257 e. The molecule has 31 heavy (non-hydrogen) atoms. The number of rotatable bonds is 4. The van der Waals surface area contributed by atoms with Crippen LogP contribution in [0.5, 0.6) is 0 Å². The van der Waals surface area contributed by atoms with Crippen LogP contribution in [0.3, 0.4) is 0 Å². The molecular weight excluding hydrogens is 521 g/mol. The lowest BCUT2D eigenvalue weighted by Crippen LogP contribution is -2.34. The third-order valence-corrected chi connectivity index (χ3v) is 5.53. The average Bonchev–Trinajstić information content (AvgIpc) is 3.12. The van der Waals surface area contributed by atoms with E-state index in [0.717, 1.165) is 15.7 Å². The van der Waals surface area contributed by atoms with Crippen LogP contribution in [0, 0.1) is 0 Å². The van der Waals surface area contributed by atoms with Crippen LogP contribution in [0.4, 0.5) is 5.69 Å². The standard InChI is InChI=1S/C22H14BrCl2N3O2S/c23-14-3-1-2-13(9-14)21(29)28-22(31)26-16-6-4-12(5-7-16)8-19-27-18-11-15(24)10-17(25)20(18)30-19/h1-7,9-11H,8H2,(H2,26,28,29,31). The molecule has 1 amide bonds. The van der Waals surface area contributed by atoms with Gasteiger partial charge in [0, 0.05) is 27.2 Å². The van der Waals surface area contributed by atoms with Crippen molar-refractivity contribution in [3.63, 3.8) is 0 Å². The Kier molecular flexibility index (Phi) is 6.57. The number of nitrogens with zero attached hydrogens (tertiary/aromatic N) is 1. The lowest BCUT2D eigenvalue weighted by Gasteiger charge is -2.10. The molecule has 4 aromatic rings. The molecule has 1 aromatic heterocycles. The molecule has 0 aliphatic carbocycles. The first-order valence-electron chi connectivity index (χ1n) is 9.09. The SMILES string of the molecule is O=C(NC(=S)Nc1ccc(Cc2nc3cc(Cl)cc(Cl)c3o2)cc1)c1cccc(Br)c1. The van der Waals surface area contributed by atoms with Gasteiger partial charge in [-0.25, -0.2) is 4.98 Å². The van der Waals surface area contributed by atoms with Crippen molar-refractivity contribution in [3.05, 3.63) is 92.2 Å². The summed E-state index contributed by atoms with van der Waals surface area (Å²) in [4.78, 5) is 16.7. The molecule has 0 bridgehead atoms. The van der Waals surface area contributed by atoms with E-state index >= 15 is 0 Å². The normalized spacial score (nSPS) is 10.8. The van der Waals surface area contributed by atoms with E-state index in [4.69, 9.17) is 39.8 Å². The fourth-order valence-electron chi connectivity index (χ4n) is 2.93. The molecule has 0 radical (unpaired) electrons. The Morgan fingerprint density at radius 3 is 2.61 bits per heavy atom. The van der Waals surface area contributed by atoms with Gasteiger partial charge in [0.2, 0.25) is 0 Å². The monoisotopic (exact) mass is 533 g/mol. The molecule has 9 heteroatoms. The topological polar surface area (TPSA) is 67.2 Å². The van der Waals surface area contributed by atoms with Crippen LogP contribution >= 0.6 is 51.3 Å². The van der Waals surface area contributed by atoms with E-state index in [2.05, 4.69) is 31.5 Å². The number of fused-ring (bicyclic) bond motifs is 1. The quantitative estimate of drug-likeness (QED) is 0.288. The van der Waals surface area contributed by atoms with Crippen molar-refractivity contribution in [1.29, 1.82) is 0 Å². The summed E-state index contributed by atoms with van der Waals surface area (Å²) in [6.45, 7) is 0. The van der Waals surface area contributed by atoms with Gasteiger partial charge in [-0.2, -0.15) is 0 Å². The smallest absolute Gasteiger partial charge is 0.257 e. The Morgan fingerprint density at radius 2 is 1.87 bits per heavy atom. The summed E-state index contributed by atoms with van der Waals surface area (Å²) in [5.74, 6) is 0.252. The number of anilines is 1. The molecule has 0 atom stereocenters. The predicted molar refractivity (Wildman–Crippen MR) is 131 cm³/mol. The number of nitrogens with one attached hydrogen (secondary N) is 2. The number of halogens is 3. The first-order chi connectivity index (χ1) is 14.9. The van der Waals surface area contributed by atoms with Gasteiger partial charge in [-0.3, -0.25) is 10.1 Å². The Morgan fingerprint density at radius 1 is 1.10 bits per heavy atom. The highest BCUT2D eigenvalue weighted by molar-refractivity contribution is 9.10. The van der Waals surface area contributed by atoms with Crippen molar-refractivity contribution in [1.82, 2.24) is 10.3 Å². The van der Waals surface area contributed by atoms with Crippen molar-refractivity contribution in [2.45, 2.75) is 6.42 Å². The second kappa shape index (κ2) is 9.36. The van der Waals surface area contributed by atoms with E-state index in [9.17, 15) is 4.79 Å². The Bertz CT molecular complexity index is 1290. The molecule has 0 saturated carbocycles. The third-order valence-electron chi connectivity index (χ3n) is 4.33. The van der Waals surface area contributed by atoms with E-state index in [1.54, 1.807) is 30.3 Å². The van der Waals surface area contributed by atoms with Crippen molar-refractivity contribution in [3.8, 4) is 0 Å². The van der Waals surface area contributed by atoms with Gasteiger partial charge in [0.15, 0.2) is 16.6 Å². The van der Waals surface area contributed by atoms with Crippen molar-refractivity contribution in [2.24, 2.45) is 0 Å². The van der Waals surface area contributed by atoms with Gasteiger partial charge in [0.1, 0.15) is 5.52 Å². The molecule has 2 N–H and O–H groups in total. The van der Waals surface area contributed by atoms with E-state index in [0.29, 0.717) is 39.0 Å². The summed E-state index contributed by atoms with van der Waals surface area (Å²) in [6, 6.07) is 18.0. The summed E-state index contributed by atoms with van der Waals surface area (Å²) in [5.41, 5.74) is 3.39. The van der Waals surface area contributed by atoms with Gasteiger partial charge < -0.3 is 9.73 Å². The zero-order valence-electron chi connectivity index (χ0n) is 15.8. The fourth-order valence-corrected chi connectivity index (χ4v) is 4.06. The summed E-state index contributed by atoms with van der Waals surface area (Å²) in [6.07, 6.45) is 0.493. The zero-order chi connectivity index (χ0) is 22.0. The Labute approximate surface area is 201 Å². The van der Waals surface area contributed by atoms with Gasteiger partial charge in [-0.15, -0.1) is 0 Å². The largest absolute Gasteiger partial charge is 0.439 e. The second-order valence-electron chi connectivity index (χ2n) is 6.64. The predicted octanol–water partition coefficient (Wildman–Crippen LogP) is 6.61. The highest BCUT2D eigenvalue weighted by atomic mass is 79.9. The number of hydrogen-bond donors (Lipinski definition) is 2. The Hall–Kier alpha value is -2.45. The Balaban J connectivity index is 1.38. The average molecular weight is 535 g/mol. The van der Waals surface area contributed by atoms with E-state index in [1.165, 1.54) is 0 Å². The van der Waals surface area contributed by atoms with Gasteiger partial charge in [0.05, 0.1) is 5.02 Å². The summed E-state index contributed by atoms with van der Waals surface area (Å²) in [5, 5.41) is 6.81. The summed E-state index contributed by atoms with van der Waals surface area (Å²) in [7, 11) is 0. The second-order valence-corrected chi connectivity index (χ2v) is 8.80. The molecule has 1 heterocycles. The maximum absolute atomic E-state index is 12.3. The molecule has 156 valence electrons. The van der Waals surface area contributed by atoms with E-state index in [1.807, 2.05) is 30.3 Å². The molecule has 0 unspecified atom stereocenters. The lowest BCUT2D eigenvalue weighted by atomic mass is 10.1. The van der Waals surface area contributed by atoms with E-state index < -0.39 is 0 Å². The molecular formula is C22H14BrCl2N3O2S. The van der Waals surface area contributed by atoms with Crippen molar-refractivity contribution in [2.75, 3.05) is 5.32 Å². The number of amides is 1. The minimum Gasteiger partial charge on any atom is -0.439 e. The molecule has 4 rings (SSSR count). The molecule has 0 saturated heterocycles. The minimum absolute atomic E-state index is 0.211. The fraction of sp³-hybridized carbons (Fsp3) is 0.0455. The van der Waals surface area contributed by atoms with Gasteiger partial charge in [-0.1, -0.05) is 57.3 Å². The molecule has 3 aromatic carbocycles. The number of carbonyl (C=O) groups is 1. The number of thiocarbonyl (C=S) groups is 1. The van der Waals surface area contributed by atoms with Crippen molar-refractivity contribution >= 4 is 79.2 Å². The highest BCUT2D eigenvalue weighted by Crippen LogP contribution is 2.29. The number of benzene rings is 3. The van der Waals surface area contributed by atoms with Crippen molar-refractivity contribution < 1.29 is 9.21 Å². The maximum atomic E-state index is 12.3. The van der Waals surface area contributed by atoms with Crippen LogP contribution in [-0.2, 0) is 6.42 Å². The molecule has 0 spiro atoms. The first kappa shape index (κ1) is 21.8.